The molecule has 0 radical (unpaired) electrons. The van der Waals surface area contributed by atoms with Crippen LogP contribution in [0.1, 0.15) is 81.5 Å². The van der Waals surface area contributed by atoms with Crippen LogP contribution < -0.4 is 14.2 Å². The van der Waals surface area contributed by atoms with Gasteiger partial charge in [0, 0.05) is 0 Å². The topological polar surface area (TPSA) is 44.8 Å². The average Bonchev–Trinajstić information content (AvgIpc) is 2.87. The van der Waals surface area contributed by atoms with Crippen LogP contribution in [0.4, 0.5) is 0 Å². The van der Waals surface area contributed by atoms with Crippen LogP contribution in [0.2, 0.25) is 0 Å². The molecule has 1 aliphatic carbocycles. The fourth-order valence-corrected chi connectivity index (χ4v) is 4.83. The number of hydrogen-bond acceptors (Lipinski definition) is 4. The summed E-state index contributed by atoms with van der Waals surface area (Å²) in [5, 5.41) is 0. The lowest BCUT2D eigenvalue weighted by Crippen LogP contribution is -2.20. The SMILES string of the molecule is C=CCCCOc1ccc(C(=O)Oc2ccc(OCCCC3CCCCC3CCC)cc2)cc1. The zero-order chi connectivity index (χ0) is 24.0. The Bertz CT molecular complexity index is 854. The molecule has 0 heterocycles. The Balaban J connectivity index is 1.38. The van der Waals surface area contributed by atoms with E-state index in [1.54, 1.807) is 36.4 Å². The van der Waals surface area contributed by atoms with Crippen molar-refractivity contribution in [3.05, 3.63) is 66.7 Å². The standard InChI is InChI=1S/C30H40O4/c1-3-5-8-22-32-27-16-14-26(15-17-27)30(31)34-29-20-18-28(19-21-29)33-23-9-13-25-12-7-6-11-24(25)10-4-2/h3,14-21,24-25H,1,4-13,22-23H2,2H3. The number of hydrogen-bond donors (Lipinski definition) is 0. The number of unbranched alkanes of at least 4 members (excludes halogenated alkanes) is 1. The molecule has 0 aromatic heterocycles. The molecular formula is C30H40O4. The van der Waals surface area contributed by atoms with Crippen LogP contribution in [-0.2, 0) is 0 Å². The van der Waals surface area contributed by atoms with Crippen LogP contribution in [0, 0.1) is 11.8 Å². The van der Waals surface area contributed by atoms with Crippen LogP contribution in [0.15, 0.2) is 61.2 Å². The van der Waals surface area contributed by atoms with E-state index < -0.39 is 0 Å². The summed E-state index contributed by atoms with van der Waals surface area (Å²) < 4.78 is 17.1. The molecule has 1 fully saturated rings. The van der Waals surface area contributed by atoms with E-state index in [2.05, 4.69) is 13.5 Å². The van der Waals surface area contributed by atoms with Crippen molar-refractivity contribution in [3.8, 4) is 17.2 Å². The average molecular weight is 465 g/mol. The van der Waals surface area contributed by atoms with Gasteiger partial charge in [-0.1, -0.05) is 51.5 Å². The second-order valence-corrected chi connectivity index (χ2v) is 9.25. The van der Waals surface area contributed by atoms with Gasteiger partial charge in [-0.05, 0) is 86.1 Å². The highest BCUT2D eigenvalue weighted by molar-refractivity contribution is 5.91. The van der Waals surface area contributed by atoms with Crippen LogP contribution in [0.3, 0.4) is 0 Å². The molecule has 2 unspecified atom stereocenters. The predicted octanol–water partition coefficient (Wildman–Crippen LogP) is 8.02. The molecule has 2 aromatic rings. The maximum atomic E-state index is 12.4. The van der Waals surface area contributed by atoms with E-state index >= 15 is 0 Å². The molecule has 1 aliphatic rings. The number of benzene rings is 2. The molecule has 1 saturated carbocycles. The van der Waals surface area contributed by atoms with E-state index in [1.807, 2.05) is 18.2 Å². The van der Waals surface area contributed by atoms with E-state index in [0.717, 1.165) is 49.2 Å². The Kier molecular flexibility index (Phi) is 11.0. The number of ether oxygens (including phenoxy) is 3. The third-order valence-electron chi connectivity index (χ3n) is 6.66. The minimum atomic E-state index is -0.388. The molecule has 2 atom stereocenters. The first kappa shape index (κ1) is 25.9. The molecular weight excluding hydrogens is 424 g/mol. The fraction of sp³-hybridized carbons (Fsp3) is 0.500. The molecule has 0 spiro atoms. The fourth-order valence-electron chi connectivity index (χ4n) is 4.83. The molecule has 0 amide bonds. The lowest BCUT2D eigenvalue weighted by Gasteiger charge is -2.31. The van der Waals surface area contributed by atoms with Gasteiger partial charge in [-0.25, -0.2) is 4.79 Å². The minimum absolute atomic E-state index is 0.388. The minimum Gasteiger partial charge on any atom is -0.494 e. The molecule has 4 heteroatoms. The summed E-state index contributed by atoms with van der Waals surface area (Å²) in [4.78, 5) is 12.4. The van der Waals surface area contributed by atoms with E-state index in [1.165, 1.54) is 44.9 Å². The van der Waals surface area contributed by atoms with Gasteiger partial charge < -0.3 is 14.2 Å². The first-order valence-corrected chi connectivity index (χ1v) is 13.0. The molecule has 0 bridgehead atoms. The molecule has 3 rings (SSSR count). The van der Waals surface area contributed by atoms with Gasteiger partial charge in [0.1, 0.15) is 17.2 Å². The van der Waals surface area contributed by atoms with E-state index in [0.29, 0.717) is 17.9 Å². The van der Waals surface area contributed by atoms with Gasteiger partial charge in [0.25, 0.3) is 0 Å². The van der Waals surface area contributed by atoms with Gasteiger partial charge in [0.15, 0.2) is 0 Å². The van der Waals surface area contributed by atoms with Crippen molar-refractivity contribution >= 4 is 5.97 Å². The molecule has 184 valence electrons. The Labute approximate surface area is 205 Å². The summed E-state index contributed by atoms with van der Waals surface area (Å²) in [6.45, 7) is 7.36. The van der Waals surface area contributed by atoms with Crippen LogP contribution in [0.25, 0.3) is 0 Å². The van der Waals surface area contributed by atoms with E-state index in [4.69, 9.17) is 14.2 Å². The Morgan fingerprint density at radius 3 is 2.03 bits per heavy atom. The lowest BCUT2D eigenvalue weighted by molar-refractivity contribution is 0.0734. The number of carbonyl (C=O) groups excluding carboxylic acids is 1. The maximum absolute atomic E-state index is 12.4. The molecule has 2 aromatic carbocycles. The van der Waals surface area contributed by atoms with Gasteiger partial charge in [0.2, 0.25) is 0 Å². The first-order valence-electron chi connectivity index (χ1n) is 13.0. The zero-order valence-corrected chi connectivity index (χ0v) is 20.7. The normalized spacial score (nSPS) is 17.7. The maximum Gasteiger partial charge on any atom is 0.343 e. The van der Waals surface area contributed by atoms with Crippen molar-refractivity contribution in [1.82, 2.24) is 0 Å². The highest BCUT2D eigenvalue weighted by Gasteiger charge is 2.23. The summed E-state index contributed by atoms with van der Waals surface area (Å²) in [5.74, 6) is 3.46. The van der Waals surface area contributed by atoms with E-state index in [-0.39, 0.29) is 5.97 Å². The summed E-state index contributed by atoms with van der Waals surface area (Å²) in [5.41, 5.74) is 0.489. The van der Waals surface area contributed by atoms with Crippen molar-refractivity contribution in [1.29, 1.82) is 0 Å². The van der Waals surface area contributed by atoms with Crippen molar-refractivity contribution in [3.63, 3.8) is 0 Å². The van der Waals surface area contributed by atoms with Crippen molar-refractivity contribution in [2.45, 2.75) is 71.1 Å². The number of rotatable bonds is 14. The largest absolute Gasteiger partial charge is 0.494 e. The number of esters is 1. The second kappa shape index (κ2) is 14.5. The van der Waals surface area contributed by atoms with Gasteiger partial charge in [-0.3, -0.25) is 0 Å². The number of carbonyl (C=O) groups is 1. The van der Waals surface area contributed by atoms with E-state index in [9.17, 15) is 4.79 Å². The predicted molar refractivity (Wildman–Crippen MR) is 138 cm³/mol. The van der Waals surface area contributed by atoms with Crippen molar-refractivity contribution < 1.29 is 19.0 Å². The number of allylic oxidation sites excluding steroid dienone is 1. The monoisotopic (exact) mass is 464 g/mol. The highest BCUT2D eigenvalue weighted by atomic mass is 16.5. The third kappa shape index (κ3) is 8.55. The van der Waals surface area contributed by atoms with Crippen LogP contribution in [0.5, 0.6) is 17.2 Å². The molecule has 0 saturated heterocycles. The smallest absolute Gasteiger partial charge is 0.343 e. The molecule has 0 aliphatic heterocycles. The first-order chi connectivity index (χ1) is 16.7. The van der Waals surface area contributed by atoms with Gasteiger partial charge in [0.05, 0.1) is 18.8 Å². The summed E-state index contributed by atoms with van der Waals surface area (Å²) >= 11 is 0. The van der Waals surface area contributed by atoms with Crippen molar-refractivity contribution in [2.75, 3.05) is 13.2 Å². The Morgan fingerprint density at radius 1 is 0.853 bits per heavy atom. The van der Waals surface area contributed by atoms with Gasteiger partial charge >= 0.3 is 5.97 Å². The summed E-state index contributed by atoms with van der Waals surface area (Å²) in [6.07, 6.45) is 14.3. The summed E-state index contributed by atoms with van der Waals surface area (Å²) in [6, 6.07) is 14.3. The third-order valence-corrected chi connectivity index (χ3v) is 6.66. The summed E-state index contributed by atoms with van der Waals surface area (Å²) in [7, 11) is 0. The Hall–Kier alpha value is -2.75. The van der Waals surface area contributed by atoms with Crippen LogP contribution in [-0.4, -0.2) is 19.2 Å². The molecule has 4 nitrogen and oxygen atoms in total. The van der Waals surface area contributed by atoms with Crippen LogP contribution >= 0.6 is 0 Å². The quantitative estimate of drug-likeness (QED) is 0.123. The highest BCUT2D eigenvalue weighted by Crippen LogP contribution is 2.36. The van der Waals surface area contributed by atoms with Crippen molar-refractivity contribution in [2.24, 2.45) is 11.8 Å². The molecule has 34 heavy (non-hydrogen) atoms. The lowest BCUT2D eigenvalue weighted by atomic mass is 9.75. The molecule has 0 N–H and O–H groups in total. The van der Waals surface area contributed by atoms with Gasteiger partial charge in [-0.15, -0.1) is 6.58 Å². The van der Waals surface area contributed by atoms with Gasteiger partial charge in [-0.2, -0.15) is 0 Å². The second-order valence-electron chi connectivity index (χ2n) is 9.25. The Morgan fingerprint density at radius 2 is 1.41 bits per heavy atom. The zero-order valence-electron chi connectivity index (χ0n) is 20.7.